The van der Waals surface area contributed by atoms with Crippen LogP contribution in [0.3, 0.4) is 0 Å². The highest BCUT2D eigenvalue weighted by Crippen LogP contribution is 2.24. The molecule has 0 aliphatic rings. The van der Waals surface area contributed by atoms with Crippen molar-refractivity contribution in [1.82, 2.24) is 20.2 Å². The Balaban J connectivity index is 1.53. The van der Waals surface area contributed by atoms with Gasteiger partial charge in [-0.1, -0.05) is 30.3 Å². The Hall–Kier alpha value is -3.77. The number of likely N-dealkylation sites (N-methyl/N-ethyl adjacent to an activating group) is 1. The number of hydrogen-bond acceptors (Lipinski definition) is 5. The van der Waals surface area contributed by atoms with Gasteiger partial charge in [-0.2, -0.15) is 0 Å². The topological polar surface area (TPSA) is 67.3 Å². The first kappa shape index (κ1) is 21.5. The molecule has 0 radical (unpaired) electrons. The minimum absolute atomic E-state index is 0.146. The summed E-state index contributed by atoms with van der Waals surface area (Å²) in [4.78, 5) is 24.1. The Labute approximate surface area is 187 Å². The predicted octanol–water partition coefficient (Wildman–Crippen LogP) is 4.17. The van der Waals surface area contributed by atoms with Crippen LogP contribution in [0.25, 0.3) is 22.2 Å². The number of hydrogen-bond donors (Lipinski definition) is 1. The monoisotopic (exact) mass is 426 g/mol. The van der Waals surface area contributed by atoms with E-state index in [0.29, 0.717) is 18.7 Å². The van der Waals surface area contributed by atoms with Crippen molar-refractivity contribution in [2.24, 2.45) is 0 Å². The van der Waals surface area contributed by atoms with Crippen molar-refractivity contribution in [1.29, 1.82) is 0 Å². The highest BCUT2D eigenvalue weighted by atomic mass is 16.5. The number of nitrogens with one attached hydrogen (secondary N) is 1. The van der Waals surface area contributed by atoms with Crippen LogP contribution in [0.4, 0.5) is 0 Å². The Bertz CT molecular complexity index is 1210. The molecule has 0 saturated carbocycles. The molecule has 4 rings (SSSR count). The van der Waals surface area contributed by atoms with E-state index >= 15 is 0 Å². The molecule has 2 heterocycles. The molecule has 0 unspecified atom stereocenters. The first-order chi connectivity index (χ1) is 15.6. The average molecular weight is 427 g/mol. The van der Waals surface area contributed by atoms with Crippen LogP contribution in [0.15, 0.2) is 79.1 Å². The molecule has 2 aromatic heterocycles. The fourth-order valence-corrected chi connectivity index (χ4v) is 3.39. The summed E-state index contributed by atoms with van der Waals surface area (Å²) in [6.07, 6.45) is 3.47. The van der Waals surface area contributed by atoms with Crippen molar-refractivity contribution in [3.05, 3.63) is 90.3 Å². The van der Waals surface area contributed by atoms with E-state index in [1.807, 2.05) is 80.8 Å². The van der Waals surface area contributed by atoms with Gasteiger partial charge in [0.25, 0.3) is 5.91 Å². The largest absolute Gasteiger partial charge is 0.492 e. The predicted molar refractivity (Wildman–Crippen MR) is 127 cm³/mol. The molecule has 2 aromatic carbocycles. The molecule has 0 aliphatic carbocycles. The maximum Gasteiger partial charge on any atom is 0.252 e. The quantitative estimate of drug-likeness (QED) is 0.458. The van der Waals surface area contributed by atoms with Crippen LogP contribution < -0.4 is 10.1 Å². The molecule has 6 heteroatoms. The van der Waals surface area contributed by atoms with Gasteiger partial charge in [0.1, 0.15) is 12.4 Å². The smallest absolute Gasteiger partial charge is 0.252 e. The minimum Gasteiger partial charge on any atom is -0.492 e. The van der Waals surface area contributed by atoms with E-state index < -0.39 is 0 Å². The Kier molecular flexibility index (Phi) is 6.72. The molecule has 0 aliphatic heterocycles. The van der Waals surface area contributed by atoms with Crippen molar-refractivity contribution in [3.63, 3.8) is 0 Å². The van der Waals surface area contributed by atoms with E-state index in [0.717, 1.165) is 40.0 Å². The number of aromatic nitrogens is 2. The number of fused-ring (bicyclic) bond motifs is 1. The van der Waals surface area contributed by atoms with Gasteiger partial charge in [0, 0.05) is 36.4 Å². The molecule has 0 bridgehead atoms. The van der Waals surface area contributed by atoms with Crippen molar-refractivity contribution in [2.75, 3.05) is 27.2 Å². The zero-order valence-electron chi connectivity index (χ0n) is 18.3. The van der Waals surface area contributed by atoms with Crippen molar-refractivity contribution >= 4 is 16.8 Å². The number of pyridine rings is 2. The normalized spacial score (nSPS) is 11.0. The van der Waals surface area contributed by atoms with Gasteiger partial charge in [-0.15, -0.1) is 0 Å². The van der Waals surface area contributed by atoms with Crippen LogP contribution in [0.1, 0.15) is 15.9 Å². The lowest BCUT2D eigenvalue weighted by atomic mass is 10.0. The number of para-hydroxylation sites is 1. The molecule has 0 spiro atoms. The molecule has 32 heavy (non-hydrogen) atoms. The molecule has 0 fully saturated rings. The number of nitrogens with zero attached hydrogens (tertiary/aromatic N) is 3. The lowest BCUT2D eigenvalue weighted by molar-refractivity contribution is 0.0952. The van der Waals surface area contributed by atoms with E-state index in [4.69, 9.17) is 9.72 Å². The highest BCUT2D eigenvalue weighted by Gasteiger charge is 2.14. The second kappa shape index (κ2) is 10.0. The SMILES string of the molecule is CN(C)CCOc1cccc(CNC(=O)c2cc(-c3cccnc3)nc3ccccc23)c1. The van der Waals surface area contributed by atoms with Crippen LogP contribution in [-0.4, -0.2) is 48.0 Å². The van der Waals surface area contributed by atoms with Crippen LogP contribution in [0.2, 0.25) is 0 Å². The first-order valence-electron chi connectivity index (χ1n) is 10.5. The van der Waals surface area contributed by atoms with E-state index in [9.17, 15) is 4.79 Å². The number of benzene rings is 2. The van der Waals surface area contributed by atoms with E-state index in [1.165, 1.54) is 0 Å². The molecular formula is C26H26N4O2. The maximum absolute atomic E-state index is 13.2. The van der Waals surface area contributed by atoms with Gasteiger partial charge < -0.3 is 15.0 Å². The lowest BCUT2D eigenvalue weighted by Crippen LogP contribution is -2.23. The fourth-order valence-electron chi connectivity index (χ4n) is 3.39. The fraction of sp³-hybridized carbons (Fsp3) is 0.192. The summed E-state index contributed by atoms with van der Waals surface area (Å²) < 4.78 is 5.80. The average Bonchev–Trinajstić information content (AvgIpc) is 2.82. The molecule has 1 N–H and O–H groups in total. The minimum atomic E-state index is -0.146. The van der Waals surface area contributed by atoms with Crippen molar-refractivity contribution < 1.29 is 9.53 Å². The van der Waals surface area contributed by atoms with Crippen molar-refractivity contribution in [3.8, 4) is 17.0 Å². The summed E-state index contributed by atoms with van der Waals surface area (Å²) >= 11 is 0. The maximum atomic E-state index is 13.2. The van der Waals surface area contributed by atoms with Crippen LogP contribution >= 0.6 is 0 Å². The van der Waals surface area contributed by atoms with Gasteiger partial charge in [-0.3, -0.25) is 9.78 Å². The zero-order chi connectivity index (χ0) is 22.3. The Morgan fingerprint density at radius 2 is 1.91 bits per heavy atom. The standard InChI is InChI=1S/C26H26N4O2/c1-30(2)13-14-32-21-9-5-7-19(15-21)17-28-26(31)23-16-25(20-8-6-12-27-18-20)29-24-11-4-3-10-22(23)24/h3-12,15-16,18H,13-14,17H2,1-2H3,(H,28,31). The molecule has 1 amide bonds. The van der Waals surface area contributed by atoms with E-state index in [-0.39, 0.29) is 5.91 Å². The molecule has 6 nitrogen and oxygen atoms in total. The number of carbonyl (C=O) groups is 1. The molecule has 162 valence electrons. The summed E-state index contributed by atoms with van der Waals surface area (Å²) in [5.74, 6) is 0.652. The van der Waals surface area contributed by atoms with Gasteiger partial charge in [0.05, 0.1) is 16.8 Å². The zero-order valence-corrected chi connectivity index (χ0v) is 18.3. The number of amides is 1. The number of carbonyl (C=O) groups excluding carboxylic acids is 1. The van der Waals surface area contributed by atoms with E-state index in [1.54, 1.807) is 12.4 Å². The van der Waals surface area contributed by atoms with E-state index in [2.05, 4.69) is 15.2 Å². The lowest BCUT2D eigenvalue weighted by Gasteiger charge is -2.13. The van der Waals surface area contributed by atoms with Crippen LogP contribution in [-0.2, 0) is 6.54 Å². The Morgan fingerprint density at radius 1 is 1.03 bits per heavy atom. The summed E-state index contributed by atoms with van der Waals surface area (Å²) in [6, 6.07) is 21.1. The highest BCUT2D eigenvalue weighted by molar-refractivity contribution is 6.07. The second-order valence-corrected chi connectivity index (χ2v) is 7.80. The van der Waals surface area contributed by atoms with Crippen molar-refractivity contribution in [2.45, 2.75) is 6.54 Å². The van der Waals surface area contributed by atoms with Crippen LogP contribution in [0, 0.1) is 0 Å². The van der Waals surface area contributed by atoms with Crippen LogP contribution in [0.5, 0.6) is 5.75 Å². The Morgan fingerprint density at radius 3 is 2.72 bits per heavy atom. The molecule has 0 saturated heterocycles. The van der Waals surface area contributed by atoms with Gasteiger partial charge >= 0.3 is 0 Å². The third-order valence-electron chi connectivity index (χ3n) is 5.08. The van der Waals surface area contributed by atoms with Gasteiger partial charge in [-0.25, -0.2) is 4.98 Å². The van der Waals surface area contributed by atoms with Gasteiger partial charge in [0.2, 0.25) is 0 Å². The summed E-state index contributed by atoms with van der Waals surface area (Å²) in [6.45, 7) is 1.86. The first-order valence-corrected chi connectivity index (χ1v) is 10.5. The molecular weight excluding hydrogens is 400 g/mol. The number of rotatable bonds is 8. The second-order valence-electron chi connectivity index (χ2n) is 7.80. The molecule has 0 atom stereocenters. The summed E-state index contributed by atoms with van der Waals surface area (Å²) in [5.41, 5.74) is 3.93. The van der Waals surface area contributed by atoms with Gasteiger partial charge in [0.15, 0.2) is 0 Å². The third-order valence-corrected chi connectivity index (χ3v) is 5.08. The third kappa shape index (κ3) is 5.28. The summed E-state index contributed by atoms with van der Waals surface area (Å²) in [7, 11) is 4.02. The summed E-state index contributed by atoms with van der Waals surface area (Å²) in [5, 5.41) is 3.86. The van der Waals surface area contributed by atoms with Gasteiger partial charge in [-0.05, 0) is 56.1 Å². The molecule has 4 aromatic rings. The number of ether oxygens (including phenoxy) is 1.